The number of nitrogens with one attached hydrogen (secondary N) is 1. The van der Waals surface area contributed by atoms with Gasteiger partial charge in [0.1, 0.15) is 0 Å². The highest BCUT2D eigenvalue weighted by atomic mass is 16.5. The van der Waals surface area contributed by atoms with Crippen LogP contribution in [0.2, 0.25) is 0 Å². The zero-order chi connectivity index (χ0) is 10.5. The van der Waals surface area contributed by atoms with E-state index in [1.54, 1.807) is 0 Å². The molecule has 15 heavy (non-hydrogen) atoms. The van der Waals surface area contributed by atoms with Crippen LogP contribution in [0.3, 0.4) is 0 Å². The maximum absolute atomic E-state index is 11.5. The lowest BCUT2D eigenvalue weighted by Gasteiger charge is -2.07. The summed E-state index contributed by atoms with van der Waals surface area (Å²) in [6, 6.07) is 8.22. The van der Waals surface area contributed by atoms with E-state index in [4.69, 9.17) is 4.74 Å². The number of carbonyl (C=O) groups excluding carboxylic acids is 1. The van der Waals surface area contributed by atoms with Crippen molar-refractivity contribution < 1.29 is 9.53 Å². The molecule has 3 nitrogen and oxygen atoms in total. The van der Waals surface area contributed by atoms with E-state index >= 15 is 0 Å². The van der Waals surface area contributed by atoms with E-state index in [2.05, 4.69) is 17.4 Å². The van der Waals surface area contributed by atoms with Gasteiger partial charge in [-0.05, 0) is 18.1 Å². The second kappa shape index (κ2) is 2.75. The predicted molar refractivity (Wildman–Crippen MR) is 56.7 cm³/mol. The van der Waals surface area contributed by atoms with Gasteiger partial charge in [0.05, 0.1) is 13.0 Å². The van der Waals surface area contributed by atoms with Crippen molar-refractivity contribution in [1.82, 2.24) is 0 Å². The monoisotopic (exact) mass is 203 g/mol. The van der Waals surface area contributed by atoms with Crippen molar-refractivity contribution >= 4 is 11.7 Å². The van der Waals surface area contributed by atoms with Gasteiger partial charge in [-0.3, -0.25) is 4.79 Å². The first kappa shape index (κ1) is 8.77. The maximum Gasteiger partial charge on any atom is 0.309 e. The zero-order valence-electron chi connectivity index (χ0n) is 8.62. The lowest BCUT2D eigenvalue weighted by atomic mass is 9.96. The number of rotatable bonds is 1. The highest BCUT2D eigenvalue weighted by Gasteiger charge is 2.62. The molecule has 2 aliphatic rings. The van der Waals surface area contributed by atoms with E-state index in [1.807, 2.05) is 12.1 Å². The topological polar surface area (TPSA) is 38.3 Å². The fourth-order valence-corrected chi connectivity index (χ4v) is 2.67. The van der Waals surface area contributed by atoms with E-state index in [-0.39, 0.29) is 17.3 Å². The number of esters is 1. The van der Waals surface area contributed by atoms with E-state index in [1.165, 1.54) is 18.4 Å². The third-order valence-electron chi connectivity index (χ3n) is 3.62. The molecule has 3 heteroatoms. The van der Waals surface area contributed by atoms with Gasteiger partial charge in [0.2, 0.25) is 0 Å². The summed E-state index contributed by atoms with van der Waals surface area (Å²) in [4.78, 5) is 11.5. The summed E-state index contributed by atoms with van der Waals surface area (Å²) < 4.78 is 4.81. The lowest BCUT2D eigenvalue weighted by Crippen LogP contribution is -2.18. The minimum Gasteiger partial charge on any atom is -0.469 e. The Balaban J connectivity index is 1.96. The largest absolute Gasteiger partial charge is 0.469 e. The van der Waals surface area contributed by atoms with Crippen molar-refractivity contribution in [3.8, 4) is 0 Å². The number of benzene rings is 1. The summed E-state index contributed by atoms with van der Waals surface area (Å²) in [6.45, 7) is 0.867. The zero-order valence-corrected chi connectivity index (χ0v) is 8.62. The van der Waals surface area contributed by atoms with Gasteiger partial charge in [0.15, 0.2) is 0 Å². The molecular formula is C12H13NO2. The Morgan fingerprint density at radius 1 is 1.53 bits per heavy atom. The highest BCUT2D eigenvalue weighted by molar-refractivity contribution is 5.82. The summed E-state index contributed by atoms with van der Waals surface area (Å²) in [5.74, 6) is -0.0212. The number of fused-ring (bicyclic) bond motifs is 2. The van der Waals surface area contributed by atoms with E-state index in [0.717, 1.165) is 13.0 Å². The van der Waals surface area contributed by atoms with Crippen LogP contribution in [0.5, 0.6) is 0 Å². The van der Waals surface area contributed by atoms with Crippen molar-refractivity contribution in [1.29, 1.82) is 0 Å². The van der Waals surface area contributed by atoms with Gasteiger partial charge in [0.25, 0.3) is 0 Å². The number of methoxy groups -OCH3 is 1. The Hall–Kier alpha value is -1.51. The molecule has 1 aliphatic heterocycles. The molecular weight excluding hydrogens is 190 g/mol. The molecule has 2 atom stereocenters. The maximum atomic E-state index is 11.5. The molecule has 0 amide bonds. The molecule has 1 N–H and O–H groups in total. The molecule has 2 unspecified atom stereocenters. The Morgan fingerprint density at radius 2 is 2.33 bits per heavy atom. The molecule has 1 aliphatic carbocycles. The van der Waals surface area contributed by atoms with E-state index in [0.29, 0.717) is 0 Å². The standard InChI is InChI=1S/C12H13NO2/c1-15-11(14)9-6-12(9)7-13-10-5-3-2-4-8(10)12/h2-5,9,13H,6-7H2,1H3. The lowest BCUT2D eigenvalue weighted by molar-refractivity contribution is -0.142. The molecule has 1 fully saturated rings. The fraction of sp³-hybridized carbons (Fsp3) is 0.417. The summed E-state index contributed by atoms with van der Waals surface area (Å²) in [5.41, 5.74) is 2.48. The van der Waals surface area contributed by atoms with Crippen molar-refractivity contribution in [2.24, 2.45) is 5.92 Å². The van der Waals surface area contributed by atoms with E-state index < -0.39 is 0 Å². The van der Waals surface area contributed by atoms with Gasteiger partial charge in [-0.15, -0.1) is 0 Å². The third kappa shape index (κ3) is 1.03. The molecule has 0 bridgehead atoms. The van der Waals surface area contributed by atoms with Gasteiger partial charge in [-0.2, -0.15) is 0 Å². The molecule has 1 spiro atoms. The van der Waals surface area contributed by atoms with Crippen molar-refractivity contribution in [2.45, 2.75) is 11.8 Å². The number of ether oxygens (including phenoxy) is 1. The Kier molecular flexibility index (Phi) is 1.61. The predicted octanol–water partition coefficient (Wildman–Crippen LogP) is 1.54. The van der Waals surface area contributed by atoms with Crippen LogP contribution in [-0.4, -0.2) is 19.6 Å². The minimum atomic E-state index is -0.0755. The number of para-hydroxylation sites is 1. The molecule has 1 aromatic carbocycles. The van der Waals surface area contributed by atoms with Gasteiger partial charge in [-0.1, -0.05) is 18.2 Å². The number of anilines is 1. The van der Waals surface area contributed by atoms with Gasteiger partial charge >= 0.3 is 5.97 Å². The summed E-state index contributed by atoms with van der Waals surface area (Å²) in [7, 11) is 1.46. The number of hydrogen-bond donors (Lipinski definition) is 1. The Morgan fingerprint density at radius 3 is 3.13 bits per heavy atom. The van der Waals surface area contributed by atoms with E-state index in [9.17, 15) is 4.79 Å². The molecule has 3 rings (SSSR count). The van der Waals surface area contributed by atoms with Crippen LogP contribution in [-0.2, 0) is 14.9 Å². The second-order valence-electron chi connectivity index (χ2n) is 4.34. The Bertz CT molecular complexity index is 429. The van der Waals surface area contributed by atoms with Crippen LogP contribution in [0.25, 0.3) is 0 Å². The van der Waals surface area contributed by atoms with Crippen LogP contribution in [0.4, 0.5) is 5.69 Å². The average molecular weight is 203 g/mol. The average Bonchev–Trinajstić information content (AvgIpc) is 2.89. The van der Waals surface area contributed by atoms with Crippen molar-refractivity contribution in [3.63, 3.8) is 0 Å². The third-order valence-corrected chi connectivity index (χ3v) is 3.62. The SMILES string of the molecule is COC(=O)C1CC12CNc1ccccc12. The number of carbonyl (C=O) groups is 1. The highest BCUT2D eigenvalue weighted by Crippen LogP contribution is 2.59. The van der Waals surface area contributed by atoms with Crippen molar-refractivity contribution in [3.05, 3.63) is 29.8 Å². The van der Waals surface area contributed by atoms with Crippen molar-refractivity contribution in [2.75, 3.05) is 19.0 Å². The first-order chi connectivity index (χ1) is 7.28. The number of hydrogen-bond acceptors (Lipinski definition) is 3. The van der Waals surface area contributed by atoms with Crippen LogP contribution < -0.4 is 5.32 Å². The molecule has 1 aromatic rings. The summed E-state index contributed by atoms with van der Waals surface area (Å²) in [6.07, 6.45) is 0.920. The van der Waals surface area contributed by atoms with Crippen LogP contribution in [0, 0.1) is 5.92 Å². The molecule has 1 heterocycles. The second-order valence-corrected chi connectivity index (χ2v) is 4.34. The molecule has 0 saturated heterocycles. The quantitative estimate of drug-likeness (QED) is 0.704. The normalized spacial score (nSPS) is 30.9. The van der Waals surface area contributed by atoms with Gasteiger partial charge < -0.3 is 10.1 Å². The molecule has 0 aromatic heterocycles. The van der Waals surface area contributed by atoms with Crippen LogP contribution >= 0.6 is 0 Å². The first-order valence-corrected chi connectivity index (χ1v) is 5.19. The Labute approximate surface area is 88.4 Å². The smallest absolute Gasteiger partial charge is 0.309 e. The first-order valence-electron chi connectivity index (χ1n) is 5.19. The molecule has 78 valence electrons. The fourth-order valence-electron chi connectivity index (χ4n) is 2.67. The van der Waals surface area contributed by atoms with Gasteiger partial charge in [-0.25, -0.2) is 0 Å². The molecule has 0 radical (unpaired) electrons. The summed E-state index contributed by atoms with van der Waals surface area (Å²) in [5, 5.41) is 3.35. The van der Waals surface area contributed by atoms with Gasteiger partial charge in [0, 0.05) is 17.6 Å². The molecule has 1 saturated carbocycles. The van der Waals surface area contributed by atoms with Crippen LogP contribution in [0.15, 0.2) is 24.3 Å². The minimum absolute atomic E-state index is 0.0314. The van der Waals surface area contributed by atoms with Crippen LogP contribution in [0.1, 0.15) is 12.0 Å². The summed E-state index contributed by atoms with van der Waals surface area (Å²) >= 11 is 0.